The number of hydrogen-bond acceptors (Lipinski definition) is 5. The van der Waals surface area contributed by atoms with Crippen molar-refractivity contribution in [3.05, 3.63) is 78.1 Å². The molecule has 1 aromatic heterocycles. The molecule has 9 heteroatoms. The Labute approximate surface area is 173 Å². The van der Waals surface area contributed by atoms with Crippen LogP contribution in [0, 0.1) is 0 Å². The molecule has 0 saturated carbocycles. The summed E-state index contributed by atoms with van der Waals surface area (Å²) >= 11 is 5.90. The summed E-state index contributed by atoms with van der Waals surface area (Å²) in [6, 6.07) is 15.8. The summed E-state index contributed by atoms with van der Waals surface area (Å²) < 4.78 is 32.8. The van der Waals surface area contributed by atoms with E-state index in [-0.39, 0.29) is 10.8 Å². The predicted molar refractivity (Wildman–Crippen MR) is 112 cm³/mol. The minimum Gasteiger partial charge on any atom is -0.481 e. The highest BCUT2D eigenvalue weighted by atomic mass is 35.5. The lowest BCUT2D eigenvalue weighted by Gasteiger charge is -2.15. The number of rotatable bonds is 7. The molecule has 0 aliphatic heterocycles. The third-order valence-corrected chi connectivity index (χ3v) is 5.46. The summed E-state index contributed by atoms with van der Waals surface area (Å²) in [5.41, 5.74) is 0.800. The van der Waals surface area contributed by atoms with Gasteiger partial charge in [-0.2, -0.15) is 0 Å². The van der Waals surface area contributed by atoms with Crippen molar-refractivity contribution >= 4 is 38.9 Å². The molecule has 1 amide bonds. The molecule has 1 heterocycles. The first kappa shape index (κ1) is 20.6. The third kappa shape index (κ3) is 5.69. The fourth-order valence-corrected chi connectivity index (χ4v) is 3.62. The zero-order chi connectivity index (χ0) is 20.9. The summed E-state index contributed by atoms with van der Waals surface area (Å²) in [6.07, 6.45) is 2.18. The molecule has 0 fully saturated rings. The number of carbonyl (C=O) groups excluding carboxylic acids is 1. The molecule has 2 N–H and O–H groups in total. The number of aromatic nitrogens is 1. The quantitative estimate of drug-likeness (QED) is 0.590. The van der Waals surface area contributed by atoms with Crippen molar-refractivity contribution in [2.45, 2.75) is 17.9 Å². The smallest absolute Gasteiger partial charge is 0.265 e. The number of benzene rings is 2. The van der Waals surface area contributed by atoms with E-state index in [9.17, 15) is 13.2 Å². The van der Waals surface area contributed by atoms with E-state index in [0.29, 0.717) is 22.1 Å². The monoisotopic (exact) mass is 431 g/mol. The summed E-state index contributed by atoms with van der Waals surface area (Å²) in [7, 11) is -3.76. The number of ether oxygens (including phenoxy) is 1. The number of anilines is 2. The standard InChI is InChI=1S/C20H18ClN3O4S/c1-14(28-18-6-2-4-15(21)12-18)20(25)23-16-7-9-19(10-8-16)29(26,27)24-17-5-3-11-22-13-17/h2-14,24H,1H3,(H,23,25)/t14-/m0/s1. The van der Waals surface area contributed by atoms with Gasteiger partial charge in [0.1, 0.15) is 5.75 Å². The van der Waals surface area contributed by atoms with Crippen molar-refractivity contribution in [3.63, 3.8) is 0 Å². The Morgan fingerprint density at radius 2 is 1.83 bits per heavy atom. The fourth-order valence-electron chi connectivity index (χ4n) is 2.40. The van der Waals surface area contributed by atoms with Crippen molar-refractivity contribution in [3.8, 4) is 5.75 Å². The van der Waals surface area contributed by atoms with Crippen LogP contribution in [0.1, 0.15) is 6.92 Å². The minimum atomic E-state index is -3.76. The highest BCUT2D eigenvalue weighted by Gasteiger charge is 2.17. The number of pyridine rings is 1. The zero-order valence-electron chi connectivity index (χ0n) is 15.4. The van der Waals surface area contributed by atoms with E-state index in [2.05, 4.69) is 15.0 Å². The molecule has 0 spiro atoms. The molecule has 1 atom stereocenters. The summed E-state index contributed by atoms with van der Waals surface area (Å²) in [6.45, 7) is 1.60. The van der Waals surface area contributed by atoms with Crippen LogP contribution in [-0.2, 0) is 14.8 Å². The maximum Gasteiger partial charge on any atom is 0.265 e. The van der Waals surface area contributed by atoms with Gasteiger partial charge in [0.05, 0.1) is 16.8 Å². The van der Waals surface area contributed by atoms with Crippen LogP contribution in [0.3, 0.4) is 0 Å². The van der Waals surface area contributed by atoms with Gasteiger partial charge in [0, 0.05) is 16.9 Å². The van der Waals surface area contributed by atoms with Crippen LogP contribution < -0.4 is 14.8 Å². The highest BCUT2D eigenvalue weighted by Crippen LogP contribution is 2.20. The highest BCUT2D eigenvalue weighted by molar-refractivity contribution is 7.92. The van der Waals surface area contributed by atoms with Gasteiger partial charge in [0.25, 0.3) is 15.9 Å². The van der Waals surface area contributed by atoms with Gasteiger partial charge < -0.3 is 10.1 Å². The molecule has 0 bridgehead atoms. The second-order valence-electron chi connectivity index (χ2n) is 6.08. The van der Waals surface area contributed by atoms with E-state index >= 15 is 0 Å². The van der Waals surface area contributed by atoms with Crippen LogP contribution in [-0.4, -0.2) is 25.4 Å². The van der Waals surface area contributed by atoms with Crippen LogP contribution in [0.4, 0.5) is 11.4 Å². The molecule has 3 aromatic rings. The first-order valence-electron chi connectivity index (χ1n) is 8.59. The van der Waals surface area contributed by atoms with Gasteiger partial charge in [-0.1, -0.05) is 17.7 Å². The van der Waals surface area contributed by atoms with Gasteiger partial charge in [-0.25, -0.2) is 8.42 Å². The van der Waals surface area contributed by atoms with Gasteiger partial charge in [-0.3, -0.25) is 14.5 Å². The normalized spacial score (nSPS) is 12.1. The van der Waals surface area contributed by atoms with Crippen LogP contribution in [0.5, 0.6) is 5.75 Å². The molecule has 3 rings (SSSR count). The van der Waals surface area contributed by atoms with Gasteiger partial charge in [-0.15, -0.1) is 0 Å². The average molecular weight is 432 g/mol. The predicted octanol–water partition coefficient (Wildman–Crippen LogP) is 3.94. The molecule has 29 heavy (non-hydrogen) atoms. The van der Waals surface area contributed by atoms with Crippen LogP contribution in [0.15, 0.2) is 78.0 Å². The molecule has 0 aliphatic rings. The maximum atomic E-state index is 12.4. The van der Waals surface area contributed by atoms with E-state index in [0.717, 1.165) is 0 Å². The molecule has 0 saturated heterocycles. The number of sulfonamides is 1. The lowest BCUT2D eigenvalue weighted by Crippen LogP contribution is -2.30. The van der Waals surface area contributed by atoms with Crippen LogP contribution in [0.25, 0.3) is 0 Å². The topological polar surface area (TPSA) is 97.4 Å². The summed E-state index contributed by atoms with van der Waals surface area (Å²) in [5, 5.41) is 3.19. The molecule has 0 radical (unpaired) electrons. The third-order valence-electron chi connectivity index (χ3n) is 3.82. The first-order chi connectivity index (χ1) is 13.8. The lowest BCUT2D eigenvalue weighted by molar-refractivity contribution is -0.122. The molecule has 7 nitrogen and oxygen atoms in total. The largest absolute Gasteiger partial charge is 0.481 e. The number of carbonyl (C=O) groups is 1. The van der Waals surface area contributed by atoms with Crippen molar-refractivity contribution in [2.75, 3.05) is 10.0 Å². The van der Waals surface area contributed by atoms with E-state index in [1.54, 1.807) is 49.5 Å². The Kier molecular flexibility index (Phi) is 6.36. The van der Waals surface area contributed by atoms with E-state index < -0.39 is 16.1 Å². The van der Waals surface area contributed by atoms with Crippen LogP contribution >= 0.6 is 11.6 Å². The Bertz CT molecular complexity index is 1090. The second kappa shape index (κ2) is 8.93. The lowest BCUT2D eigenvalue weighted by atomic mass is 10.3. The molecular weight excluding hydrogens is 414 g/mol. The molecular formula is C20H18ClN3O4S. The average Bonchev–Trinajstić information content (AvgIpc) is 2.69. The maximum absolute atomic E-state index is 12.4. The SMILES string of the molecule is C[C@H](Oc1cccc(Cl)c1)C(=O)Nc1ccc(S(=O)(=O)Nc2cccnc2)cc1. The van der Waals surface area contributed by atoms with E-state index in [1.165, 1.54) is 30.5 Å². The second-order valence-corrected chi connectivity index (χ2v) is 8.20. The van der Waals surface area contributed by atoms with Crippen molar-refractivity contribution in [2.24, 2.45) is 0 Å². The molecule has 0 unspecified atom stereocenters. The van der Waals surface area contributed by atoms with Gasteiger partial charge in [0.15, 0.2) is 6.10 Å². The van der Waals surface area contributed by atoms with Gasteiger partial charge >= 0.3 is 0 Å². The Morgan fingerprint density at radius 1 is 1.07 bits per heavy atom. The van der Waals surface area contributed by atoms with Crippen LogP contribution in [0.2, 0.25) is 5.02 Å². The number of halogens is 1. The Balaban J connectivity index is 1.63. The molecule has 0 aliphatic carbocycles. The van der Waals surface area contributed by atoms with E-state index in [1.807, 2.05) is 0 Å². The molecule has 2 aromatic carbocycles. The fraction of sp³-hybridized carbons (Fsp3) is 0.100. The minimum absolute atomic E-state index is 0.0579. The number of nitrogens with one attached hydrogen (secondary N) is 2. The Morgan fingerprint density at radius 3 is 2.48 bits per heavy atom. The number of nitrogens with zero attached hydrogens (tertiary/aromatic N) is 1. The van der Waals surface area contributed by atoms with Crippen molar-refractivity contribution in [1.29, 1.82) is 0 Å². The summed E-state index contributed by atoms with van der Waals surface area (Å²) in [5.74, 6) is 0.0946. The number of hydrogen-bond donors (Lipinski definition) is 2. The van der Waals surface area contributed by atoms with Gasteiger partial charge in [0.2, 0.25) is 0 Å². The van der Waals surface area contributed by atoms with Crippen molar-refractivity contribution in [1.82, 2.24) is 4.98 Å². The van der Waals surface area contributed by atoms with Crippen molar-refractivity contribution < 1.29 is 17.9 Å². The molecule has 150 valence electrons. The Hall–Kier alpha value is -3.10. The number of amides is 1. The zero-order valence-corrected chi connectivity index (χ0v) is 16.9. The first-order valence-corrected chi connectivity index (χ1v) is 10.5. The van der Waals surface area contributed by atoms with Gasteiger partial charge in [-0.05, 0) is 61.5 Å². The van der Waals surface area contributed by atoms with E-state index in [4.69, 9.17) is 16.3 Å². The summed E-state index contributed by atoms with van der Waals surface area (Å²) in [4.78, 5) is 16.2.